The summed E-state index contributed by atoms with van der Waals surface area (Å²) in [4.78, 5) is 38.2. The number of barbiturate groups is 1. The highest BCUT2D eigenvalue weighted by Crippen LogP contribution is 2.37. The van der Waals surface area contributed by atoms with Crippen LogP contribution in [0.5, 0.6) is 17.2 Å². The zero-order valence-corrected chi connectivity index (χ0v) is 16.3. The number of aromatic hydroxyl groups is 1. The SMILES string of the molecule is CCOc1cc(/C=C2\C(=O)NC(=O)N(c3ccc(O)cc3)C2=O)cc(Cl)c1OC. The van der Waals surface area contributed by atoms with E-state index in [1.54, 1.807) is 13.0 Å². The zero-order valence-electron chi connectivity index (χ0n) is 15.6. The molecule has 1 fully saturated rings. The van der Waals surface area contributed by atoms with Crippen molar-refractivity contribution in [3.63, 3.8) is 0 Å². The van der Waals surface area contributed by atoms with E-state index in [2.05, 4.69) is 5.32 Å². The number of amides is 4. The number of hydrogen-bond donors (Lipinski definition) is 2. The van der Waals surface area contributed by atoms with Gasteiger partial charge in [-0.25, -0.2) is 9.69 Å². The van der Waals surface area contributed by atoms with Gasteiger partial charge in [0.1, 0.15) is 11.3 Å². The van der Waals surface area contributed by atoms with Crippen LogP contribution < -0.4 is 19.7 Å². The first-order valence-corrected chi connectivity index (χ1v) is 8.94. The monoisotopic (exact) mass is 416 g/mol. The van der Waals surface area contributed by atoms with Crippen LogP contribution in [0, 0.1) is 0 Å². The van der Waals surface area contributed by atoms with Crippen molar-refractivity contribution < 1.29 is 29.0 Å². The molecule has 0 bridgehead atoms. The summed E-state index contributed by atoms with van der Waals surface area (Å²) in [6.07, 6.45) is 1.31. The number of urea groups is 1. The van der Waals surface area contributed by atoms with E-state index in [0.717, 1.165) is 4.90 Å². The van der Waals surface area contributed by atoms with Gasteiger partial charge in [0.2, 0.25) is 0 Å². The van der Waals surface area contributed by atoms with Gasteiger partial charge in [-0.15, -0.1) is 0 Å². The Bertz CT molecular complexity index is 1020. The van der Waals surface area contributed by atoms with Crippen LogP contribution in [0.3, 0.4) is 0 Å². The number of benzene rings is 2. The van der Waals surface area contributed by atoms with E-state index in [1.165, 1.54) is 43.5 Å². The molecule has 2 N–H and O–H groups in total. The normalized spacial score (nSPS) is 15.5. The molecule has 1 aliphatic heterocycles. The smallest absolute Gasteiger partial charge is 0.335 e. The molecule has 2 aromatic carbocycles. The van der Waals surface area contributed by atoms with E-state index >= 15 is 0 Å². The van der Waals surface area contributed by atoms with E-state index in [0.29, 0.717) is 23.7 Å². The number of anilines is 1. The molecular formula is C20H17ClN2O6. The highest BCUT2D eigenvalue weighted by molar-refractivity contribution is 6.39. The minimum Gasteiger partial charge on any atom is -0.508 e. The second kappa shape index (κ2) is 8.24. The van der Waals surface area contributed by atoms with E-state index in [1.807, 2.05) is 0 Å². The fraction of sp³-hybridized carbons (Fsp3) is 0.150. The molecule has 9 heteroatoms. The Morgan fingerprint density at radius 1 is 1.17 bits per heavy atom. The molecule has 4 amide bonds. The summed E-state index contributed by atoms with van der Waals surface area (Å²) in [6, 6.07) is 7.63. The number of imide groups is 2. The third-order valence-electron chi connectivity index (χ3n) is 4.06. The van der Waals surface area contributed by atoms with Crippen LogP contribution in [-0.2, 0) is 9.59 Å². The van der Waals surface area contributed by atoms with Gasteiger partial charge in [0.05, 0.1) is 24.4 Å². The van der Waals surface area contributed by atoms with Crippen LogP contribution in [0.15, 0.2) is 42.0 Å². The summed E-state index contributed by atoms with van der Waals surface area (Å²) in [5.41, 5.74) is 0.352. The van der Waals surface area contributed by atoms with Crippen molar-refractivity contribution in [3.8, 4) is 17.2 Å². The van der Waals surface area contributed by atoms with Crippen LogP contribution in [0.2, 0.25) is 5.02 Å². The van der Waals surface area contributed by atoms with Crippen molar-refractivity contribution in [3.05, 3.63) is 52.6 Å². The fourth-order valence-corrected chi connectivity index (χ4v) is 3.09. The molecule has 3 rings (SSSR count). The Morgan fingerprint density at radius 2 is 1.86 bits per heavy atom. The topological polar surface area (TPSA) is 105 Å². The number of hydrogen-bond acceptors (Lipinski definition) is 6. The number of phenols is 1. The maximum absolute atomic E-state index is 12.9. The van der Waals surface area contributed by atoms with Gasteiger partial charge in [-0.1, -0.05) is 11.6 Å². The molecule has 1 saturated heterocycles. The lowest BCUT2D eigenvalue weighted by Gasteiger charge is -2.26. The van der Waals surface area contributed by atoms with Crippen LogP contribution in [0.25, 0.3) is 6.08 Å². The Balaban J connectivity index is 2.03. The maximum atomic E-state index is 12.9. The number of carbonyl (C=O) groups is 3. The number of methoxy groups -OCH3 is 1. The molecule has 0 unspecified atom stereocenters. The Hall–Kier alpha value is -3.52. The van der Waals surface area contributed by atoms with Crippen LogP contribution >= 0.6 is 11.6 Å². The number of ether oxygens (including phenoxy) is 2. The predicted molar refractivity (Wildman–Crippen MR) is 106 cm³/mol. The van der Waals surface area contributed by atoms with Crippen molar-refractivity contribution in [2.24, 2.45) is 0 Å². The van der Waals surface area contributed by atoms with E-state index in [9.17, 15) is 19.5 Å². The van der Waals surface area contributed by atoms with Crippen molar-refractivity contribution in [2.75, 3.05) is 18.6 Å². The first-order valence-electron chi connectivity index (χ1n) is 8.56. The second-order valence-corrected chi connectivity index (χ2v) is 6.35. The molecule has 0 radical (unpaired) electrons. The number of nitrogens with one attached hydrogen (secondary N) is 1. The number of halogens is 1. The molecule has 2 aromatic rings. The molecule has 150 valence electrons. The third kappa shape index (κ3) is 4.02. The Morgan fingerprint density at radius 3 is 2.48 bits per heavy atom. The fourth-order valence-electron chi connectivity index (χ4n) is 2.79. The van der Waals surface area contributed by atoms with Gasteiger partial charge in [-0.05, 0) is 55.0 Å². The third-order valence-corrected chi connectivity index (χ3v) is 4.34. The average molecular weight is 417 g/mol. The number of rotatable bonds is 5. The van der Waals surface area contributed by atoms with Crippen LogP contribution in [0.4, 0.5) is 10.5 Å². The summed E-state index contributed by atoms with van der Waals surface area (Å²) in [5.74, 6) is -0.989. The summed E-state index contributed by atoms with van der Waals surface area (Å²) >= 11 is 6.22. The number of nitrogens with zero attached hydrogens (tertiary/aromatic N) is 1. The molecule has 0 atom stereocenters. The van der Waals surface area contributed by atoms with Crippen molar-refractivity contribution in [1.82, 2.24) is 5.32 Å². The van der Waals surface area contributed by atoms with Crippen LogP contribution in [0.1, 0.15) is 12.5 Å². The summed E-state index contributed by atoms with van der Waals surface area (Å²) in [5, 5.41) is 11.8. The van der Waals surface area contributed by atoms with Crippen molar-refractivity contribution in [2.45, 2.75) is 6.92 Å². The number of carbonyl (C=O) groups excluding carboxylic acids is 3. The van der Waals surface area contributed by atoms with Gasteiger partial charge >= 0.3 is 6.03 Å². The van der Waals surface area contributed by atoms with Gasteiger partial charge in [-0.3, -0.25) is 14.9 Å². The van der Waals surface area contributed by atoms with Gasteiger partial charge in [0.25, 0.3) is 11.8 Å². The lowest BCUT2D eigenvalue weighted by molar-refractivity contribution is -0.122. The first kappa shape index (κ1) is 20.2. The summed E-state index contributed by atoms with van der Waals surface area (Å²) < 4.78 is 10.7. The first-order chi connectivity index (χ1) is 13.8. The molecule has 0 spiro atoms. The van der Waals surface area contributed by atoms with E-state index in [4.69, 9.17) is 21.1 Å². The lowest BCUT2D eigenvalue weighted by atomic mass is 10.1. The van der Waals surface area contributed by atoms with Crippen LogP contribution in [-0.4, -0.2) is 36.7 Å². The van der Waals surface area contributed by atoms with Gasteiger partial charge in [0.15, 0.2) is 11.5 Å². The molecule has 29 heavy (non-hydrogen) atoms. The average Bonchev–Trinajstić information content (AvgIpc) is 2.67. The molecule has 0 saturated carbocycles. The second-order valence-electron chi connectivity index (χ2n) is 5.94. The highest BCUT2D eigenvalue weighted by Gasteiger charge is 2.36. The molecule has 1 aliphatic rings. The quantitative estimate of drug-likeness (QED) is 0.573. The molecule has 1 heterocycles. The lowest BCUT2D eigenvalue weighted by Crippen LogP contribution is -2.54. The Kier molecular flexibility index (Phi) is 5.74. The van der Waals surface area contributed by atoms with Gasteiger partial charge in [0, 0.05) is 0 Å². The molecule has 0 aliphatic carbocycles. The Labute approximate surface area is 171 Å². The van der Waals surface area contributed by atoms with Crippen molar-refractivity contribution in [1.29, 1.82) is 0 Å². The maximum Gasteiger partial charge on any atom is 0.335 e. The van der Waals surface area contributed by atoms with E-state index in [-0.39, 0.29) is 22.0 Å². The number of phenolic OH excluding ortho intramolecular Hbond substituents is 1. The molecular weight excluding hydrogens is 400 g/mol. The van der Waals surface area contributed by atoms with Gasteiger partial charge in [-0.2, -0.15) is 0 Å². The highest BCUT2D eigenvalue weighted by atomic mass is 35.5. The van der Waals surface area contributed by atoms with E-state index < -0.39 is 17.8 Å². The predicted octanol–water partition coefficient (Wildman–Crippen LogP) is 3.12. The molecule has 0 aromatic heterocycles. The largest absolute Gasteiger partial charge is 0.508 e. The zero-order chi connectivity index (χ0) is 21.1. The molecule has 8 nitrogen and oxygen atoms in total. The summed E-state index contributed by atoms with van der Waals surface area (Å²) in [6.45, 7) is 2.15. The van der Waals surface area contributed by atoms with Crippen molar-refractivity contribution >= 4 is 41.2 Å². The standard InChI is InChI=1S/C20H17ClN2O6/c1-3-29-16-10-11(9-15(21)17(16)28-2)8-14-18(25)22-20(27)23(19(14)26)12-4-6-13(24)7-5-12/h4-10,24H,3H2,1-2H3,(H,22,25,27)/b14-8+. The minimum absolute atomic E-state index is 0.0261. The summed E-state index contributed by atoms with van der Waals surface area (Å²) in [7, 11) is 1.45. The van der Waals surface area contributed by atoms with Gasteiger partial charge < -0.3 is 14.6 Å². The minimum atomic E-state index is -0.884.